The second-order valence-corrected chi connectivity index (χ2v) is 9.95. The highest BCUT2D eigenvalue weighted by Crippen LogP contribution is 2.13. The molecule has 0 N–H and O–H groups in total. The van der Waals surface area contributed by atoms with E-state index in [2.05, 4.69) is 32.2 Å². The third-order valence-electron chi connectivity index (χ3n) is 4.71. The Hall–Kier alpha value is -0.700. The average Bonchev–Trinajstić information content (AvgIpc) is 2.64. The molecule has 7 nitrogen and oxygen atoms in total. The van der Waals surface area contributed by atoms with E-state index in [0.29, 0.717) is 13.0 Å². The van der Waals surface area contributed by atoms with E-state index in [4.69, 9.17) is 4.74 Å². The molecule has 30 heavy (non-hydrogen) atoms. The summed E-state index contributed by atoms with van der Waals surface area (Å²) in [7, 11) is 2.73. The highest BCUT2D eigenvalue weighted by molar-refractivity contribution is 7.80. The summed E-state index contributed by atoms with van der Waals surface area (Å²) in [5, 5.41) is 0. The Balaban J connectivity index is 0. The molecular formula is C22H47NO6S. The largest absolute Gasteiger partial charge is 0.726 e. The van der Waals surface area contributed by atoms with Crippen LogP contribution in [-0.2, 0) is 24.1 Å². The molecule has 0 aromatic heterocycles. The molecule has 0 saturated carbocycles. The summed E-state index contributed by atoms with van der Waals surface area (Å²) < 4.78 is 37.1. The van der Waals surface area contributed by atoms with Crippen LogP contribution in [0.4, 0.5) is 0 Å². The van der Waals surface area contributed by atoms with Gasteiger partial charge in [-0.3, -0.25) is 8.98 Å². The number of rotatable bonds is 18. The number of unbranched alkanes of at least 4 members (excludes halogenated alkanes) is 12. The van der Waals surface area contributed by atoms with Gasteiger partial charge < -0.3 is 13.8 Å². The Kier molecular flexibility index (Phi) is 21.2. The molecule has 0 fully saturated rings. The van der Waals surface area contributed by atoms with E-state index in [1.54, 1.807) is 0 Å². The van der Waals surface area contributed by atoms with E-state index in [-0.39, 0.29) is 5.97 Å². The molecular weight excluding hydrogens is 406 g/mol. The SMILES string of the molecule is CCCCCCCCCCCCCCCC(=O)OCC[N+](C)(C)C.COS(=O)(=O)[O-]. The third kappa shape index (κ3) is 32.0. The summed E-state index contributed by atoms with van der Waals surface area (Å²) in [6.45, 7) is 3.69. The number of esters is 1. The number of hydrogen-bond donors (Lipinski definition) is 0. The number of nitrogens with zero attached hydrogens (tertiary/aromatic N) is 1. The van der Waals surface area contributed by atoms with Crippen LogP contribution in [0, 0.1) is 0 Å². The first-order valence-corrected chi connectivity index (χ1v) is 12.8. The van der Waals surface area contributed by atoms with Gasteiger partial charge in [-0.15, -0.1) is 0 Å². The average molecular weight is 454 g/mol. The molecule has 0 atom stereocenters. The van der Waals surface area contributed by atoms with Crippen molar-refractivity contribution >= 4 is 16.4 Å². The molecule has 0 amide bonds. The summed E-state index contributed by atoms with van der Waals surface area (Å²) in [5.41, 5.74) is 0. The maximum atomic E-state index is 11.6. The summed E-state index contributed by atoms with van der Waals surface area (Å²) >= 11 is 0. The van der Waals surface area contributed by atoms with Crippen LogP contribution in [0.15, 0.2) is 0 Å². The Bertz CT molecular complexity index is 488. The van der Waals surface area contributed by atoms with Crippen LogP contribution < -0.4 is 0 Å². The smallest absolute Gasteiger partial charge is 0.305 e. The standard InChI is InChI=1S/C21H44NO2.CH4O4S/c1-5-6-7-8-9-10-11-12-13-14-15-16-17-18-21(23)24-20-19-22(2,3)4;1-5-6(2,3)4/h5-20H2,1-4H3;1H3,(H,2,3,4)/q+1;/p-1. The minimum Gasteiger partial charge on any atom is -0.726 e. The van der Waals surface area contributed by atoms with Gasteiger partial charge >= 0.3 is 5.97 Å². The van der Waals surface area contributed by atoms with Crippen LogP contribution >= 0.6 is 0 Å². The van der Waals surface area contributed by atoms with E-state index >= 15 is 0 Å². The van der Waals surface area contributed by atoms with Gasteiger partial charge in [0.25, 0.3) is 0 Å². The summed E-state index contributed by atoms with van der Waals surface area (Å²) in [5.74, 6) is -0.0217. The van der Waals surface area contributed by atoms with E-state index in [9.17, 15) is 17.8 Å². The number of carbonyl (C=O) groups excluding carboxylic acids is 1. The van der Waals surface area contributed by atoms with Gasteiger partial charge in [-0.2, -0.15) is 0 Å². The topological polar surface area (TPSA) is 92.7 Å². The van der Waals surface area contributed by atoms with Gasteiger partial charge in [0.1, 0.15) is 13.2 Å². The van der Waals surface area contributed by atoms with Crippen molar-refractivity contribution in [2.24, 2.45) is 0 Å². The fourth-order valence-electron chi connectivity index (χ4n) is 2.79. The highest BCUT2D eigenvalue weighted by atomic mass is 32.3. The van der Waals surface area contributed by atoms with Gasteiger partial charge in [-0.1, -0.05) is 84.0 Å². The molecule has 0 aromatic carbocycles. The molecule has 8 heteroatoms. The van der Waals surface area contributed by atoms with Crippen LogP contribution in [-0.4, -0.2) is 64.8 Å². The van der Waals surface area contributed by atoms with Crippen molar-refractivity contribution in [3.05, 3.63) is 0 Å². The lowest BCUT2D eigenvalue weighted by Gasteiger charge is -2.23. The fourth-order valence-corrected chi connectivity index (χ4v) is 2.79. The molecule has 0 unspecified atom stereocenters. The molecule has 0 saturated heterocycles. The molecule has 182 valence electrons. The quantitative estimate of drug-likeness (QED) is 0.0972. The van der Waals surface area contributed by atoms with Crippen molar-refractivity contribution in [2.45, 2.75) is 96.8 Å². The number of hydrogen-bond acceptors (Lipinski definition) is 6. The van der Waals surface area contributed by atoms with E-state index < -0.39 is 10.4 Å². The number of carbonyl (C=O) groups is 1. The normalized spacial score (nSPS) is 11.7. The molecule has 0 bridgehead atoms. The Morgan fingerprint density at radius 2 is 1.17 bits per heavy atom. The predicted molar refractivity (Wildman–Crippen MR) is 121 cm³/mol. The maximum absolute atomic E-state index is 11.6. The van der Waals surface area contributed by atoms with Crippen molar-refractivity contribution in [1.82, 2.24) is 0 Å². The van der Waals surface area contributed by atoms with Crippen molar-refractivity contribution in [2.75, 3.05) is 41.4 Å². The fraction of sp³-hybridized carbons (Fsp3) is 0.955. The van der Waals surface area contributed by atoms with Gasteiger partial charge in [0.2, 0.25) is 10.4 Å². The van der Waals surface area contributed by atoms with Crippen LogP contribution in [0.5, 0.6) is 0 Å². The summed E-state index contributed by atoms with van der Waals surface area (Å²) in [4.78, 5) is 11.6. The summed E-state index contributed by atoms with van der Waals surface area (Å²) in [6, 6.07) is 0. The highest BCUT2D eigenvalue weighted by Gasteiger charge is 2.09. The van der Waals surface area contributed by atoms with Crippen LogP contribution in [0.25, 0.3) is 0 Å². The first kappa shape index (κ1) is 31.5. The lowest BCUT2D eigenvalue weighted by molar-refractivity contribution is -0.870. The zero-order valence-corrected chi connectivity index (χ0v) is 20.9. The molecule has 0 radical (unpaired) electrons. The van der Waals surface area contributed by atoms with Gasteiger partial charge in [0.05, 0.1) is 28.3 Å². The molecule has 0 aromatic rings. The number of quaternary nitrogens is 1. The Morgan fingerprint density at radius 1 is 0.800 bits per heavy atom. The van der Waals surface area contributed by atoms with Crippen molar-refractivity contribution in [3.63, 3.8) is 0 Å². The second-order valence-electron chi connectivity index (χ2n) is 8.80. The van der Waals surface area contributed by atoms with Gasteiger partial charge in [-0.05, 0) is 6.42 Å². The Morgan fingerprint density at radius 3 is 1.50 bits per heavy atom. The first-order valence-electron chi connectivity index (χ1n) is 11.5. The van der Waals surface area contributed by atoms with Crippen LogP contribution in [0.2, 0.25) is 0 Å². The van der Waals surface area contributed by atoms with E-state index in [1.807, 2.05) is 0 Å². The molecule has 0 spiro atoms. The molecule has 0 aliphatic heterocycles. The third-order valence-corrected chi connectivity index (χ3v) is 5.12. The molecule has 0 aliphatic rings. The van der Waals surface area contributed by atoms with Crippen LogP contribution in [0.1, 0.15) is 96.8 Å². The Labute approximate surface area is 186 Å². The van der Waals surface area contributed by atoms with Crippen LogP contribution in [0.3, 0.4) is 0 Å². The molecule has 0 rings (SSSR count). The van der Waals surface area contributed by atoms with Gasteiger partial charge in [0, 0.05) is 6.42 Å². The monoisotopic (exact) mass is 453 g/mol. The minimum atomic E-state index is -4.41. The summed E-state index contributed by atoms with van der Waals surface area (Å²) in [6.07, 6.45) is 17.9. The van der Waals surface area contributed by atoms with Gasteiger partial charge in [-0.25, -0.2) is 8.42 Å². The minimum absolute atomic E-state index is 0.0217. The van der Waals surface area contributed by atoms with E-state index in [0.717, 1.165) is 24.6 Å². The molecule has 0 heterocycles. The number of ether oxygens (including phenoxy) is 1. The number of likely N-dealkylation sites (N-methyl/N-ethyl adjacent to an activating group) is 1. The predicted octanol–water partition coefficient (Wildman–Crippen LogP) is 4.81. The van der Waals surface area contributed by atoms with Crippen molar-refractivity contribution in [1.29, 1.82) is 0 Å². The van der Waals surface area contributed by atoms with Crippen molar-refractivity contribution in [3.8, 4) is 0 Å². The zero-order valence-electron chi connectivity index (χ0n) is 20.1. The second kappa shape index (κ2) is 20.2. The zero-order chi connectivity index (χ0) is 23.3. The maximum Gasteiger partial charge on any atom is 0.305 e. The first-order chi connectivity index (χ1) is 14.0. The van der Waals surface area contributed by atoms with Crippen molar-refractivity contribution < 1.29 is 31.2 Å². The lowest BCUT2D eigenvalue weighted by atomic mass is 10.0. The van der Waals surface area contributed by atoms with E-state index in [1.165, 1.54) is 77.0 Å². The molecule has 0 aliphatic carbocycles. The van der Waals surface area contributed by atoms with Gasteiger partial charge in [0.15, 0.2) is 0 Å². The lowest BCUT2D eigenvalue weighted by Crippen LogP contribution is -2.37.